The number of thiazole rings is 1. The number of hydrogen-bond acceptors (Lipinski definition) is 7. The zero-order valence-electron chi connectivity index (χ0n) is 18.2. The van der Waals surface area contributed by atoms with Gasteiger partial charge in [0.05, 0.1) is 16.5 Å². The van der Waals surface area contributed by atoms with E-state index in [-0.39, 0.29) is 30.9 Å². The minimum absolute atomic E-state index is 0.00129. The lowest BCUT2D eigenvalue weighted by Crippen LogP contribution is -2.34. The van der Waals surface area contributed by atoms with Crippen LogP contribution in [0.4, 0.5) is 24.8 Å². The predicted molar refractivity (Wildman–Crippen MR) is 123 cm³/mol. The number of benzene rings is 1. The van der Waals surface area contributed by atoms with Crippen molar-refractivity contribution in [3.8, 4) is 10.4 Å². The van der Waals surface area contributed by atoms with Gasteiger partial charge >= 0.3 is 6.18 Å². The molecule has 3 N–H and O–H groups in total. The molecule has 0 aliphatic heterocycles. The van der Waals surface area contributed by atoms with E-state index in [0.717, 1.165) is 53.4 Å². The monoisotopic (exact) mass is 491 g/mol. The number of nitrogens with zero attached hydrogens (tertiary/aromatic N) is 3. The molecule has 0 atom stereocenters. The number of halogens is 3. The molecule has 7 nitrogen and oxygen atoms in total. The number of hydrogen-bond donors (Lipinski definition) is 3. The molecule has 0 spiro atoms. The molecule has 2 aromatic heterocycles. The summed E-state index contributed by atoms with van der Waals surface area (Å²) >= 11 is 1.58. The third-order valence-corrected chi connectivity index (χ3v) is 6.94. The topological polar surface area (TPSA) is 100 Å². The SMILES string of the molecule is O=C(NCCO)C1CCC(c2ncc(-c3cccc(Nc4nccc(C(F)(F)F)n4)c3)s2)CC1. The van der Waals surface area contributed by atoms with Gasteiger partial charge in [-0.3, -0.25) is 4.79 Å². The average molecular weight is 492 g/mol. The fraction of sp³-hybridized carbons (Fsp3) is 0.391. The largest absolute Gasteiger partial charge is 0.433 e. The van der Waals surface area contributed by atoms with Crippen molar-refractivity contribution in [2.45, 2.75) is 37.8 Å². The van der Waals surface area contributed by atoms with Crippen molar-refractivity contribution >= 4 is 28.9 Å². The molecule has 34 heavy (non-hydrogen) atoms. The van der Waals surface area contributed by atoms with Crippen LogP contribution in [0.1, 0.15) is 42.3 Å². The van der Waals surface area contributed by atoms with Crippen molar-refractivity contribution in [3.63, 3.8) is 0 Å². The van der Waals surface area contributed by atoms with E-state index >= 15 is 0 Å². The summed E-state index contributed by atoms with van der Waals surface area (Å²) in [4.78, 5) is 25.1. The second-order valence-corrected chi connectivity index (χ2v) is 9.16. The molecular formula is C23H24F3N5O2S. The molecule has 3 aromatic rings. The Bertz CT molecular complexity index is 1130. The Labute approximate surface area is 198 Å². The van der Waals surface area contributed by atoms with E-state index in [4.69, 9.17) is 5.11 Å². The molecule has 0 bridgehead atoms. The highest BCUT2D eigenvalue weighted by Gasteiger charge is 2.33. The van der Waals surface area contributed by atoms with Crippen LogP contribution in [-0.4, -0.2) is 39.1 Å². The molecular weight excluding hydrogens is 467 g/mol. The Hall–Kier alpha value is -3.05. The summed E-state index contributed by atoms with van der Waals surface area (Å²) in [7, 11) is 0. The van der Waals surface area contributed by atoms with Crippen LogP contribution in [0.25, 0.3) is 10.4 Å². The predicted octanol–water partition coefficient (Wildman–Crippen LogP) is 4.74. The Kier molecular flexibility index (Phi) is 7.42. The van der Waals surface area contributed by atoms with Crippen molar-refractivity contribution in [3.05, 3.63) is 53.4 Å². The van der Waals surface area contributed by atoms with Gasteiger partial charge in [-0.25, -0.2) is 15.0 Å². The van der Waals surface area contributed by atoms with Crippen molar-refractivity contribution in [1.29, 1.82) is 0 Å². The van der Waals surface area contributed by atoms with Crippen LogP contribution in [0.15, 0.2) is 42.7 Å². The molecule has 1 saturated carbocycles. The molecule has 4 rings (SSSR count). The number of aliphatic hydroxyl groups excluding tert-OH is 1. The van der Waals surface area contributed by atoms with E-state index in [1.165, 1.54) is 0 Å². The van der Waals surface area contributed by atoms with Gasteiger partial charge in [0.1, 0.15) is 5.69 Å². The third-order valence-electron chi connectivity index (χ3n) is 5.73. The normalized spacial score (nSPS) is 18.5. The second-order valence-electron chi connectivity index (χ2n) is 8.09. The molecule has 1 aliphatic carbocycles. The molecule has 1 fully saturated rings. The van der Waals surface area contributed by atoms with E-state index in [1.54, 1.807) is 29.7 Å². The Balaban J connectivity index is 1.41. The first kappa shape index (κ1) is 24.1. The van der Waals surface area contributed by atoms with Crippen LogP contribution in [0, 0.1) is 5.92 Å². The molecule has 1 aromatic carbocycles. The highest BCUT2D eigenvalue weighted by molar-refractivity contribution is 7.15. The molecule has 11 heteroatoms. The smallest absolute Gasteiger partial charge is 0.395 e. The number of rotatable bonds is 7. The summed E-state index contributed by atoms with van der Waals surface area (Å²) in [6, 6.07) is 8.11. The minimum Gasteiger partial charge on any atom is -0.395 e. The number of nitrogens with one attached hydrogen (secondary N) is 2. The molecule has 2 heterocycles. The van der Waals surface area contributed by atoms with E-state index in [2.05, 4.69) is 25.6 Å². The van der Waals surface area contributed by atoms with Crippen LogP contribution < -0.4 is 10.6 Å². The van der Waals surface area contributed by atoms with E-state index in [9.17, 15) is 18.0 Å². The zero-order chi connectivity index (χ0) is 24.1. The fourth-order valence-electron chi connectivity index (χ4n) is 3.99. The van der Waals surface area contributed by atoms with Crippen LogP contribution in [0.2, 0.25) is 0 Å². The van der Waals surface area contributed by atoms with E-state index < -0.39 is 11.9 Å². The maximum atomic E-state index is 12.9. The molecule has 0 saturated heterocycles. The minimum atomic E-state index is -4.54. The first-order valence-corrected chi connectivity index (χ1v) is 11.8. The standard InChI is InChI=1S/C23H24F3N5O2S/c24-23(25,26)19-8-9-28-22(31-19)30-17-3-1-2-16(12-17)18-13-29-21(34-18)15-6-4-14(5-7-15)20(33)27-10-11-32/h1-3,8-9,12-15,32H,4-7,10-11H2,(H,27,33)(H,28,30,31). The Morgan fingerprint density at radius 1 is 1.15 bits per heavy atom. The lowest BCUT2D eigenvalue weighted by molar-refractivity contribution is -0.141. The van der Waals surface area contributed by atoms with Crippen LogP contribution >= 0.6 is 11.3 Å². The first-order chi connectivity index (χ1) is 16.3. The molecule has 0 radical (unpaired) electrons. The van der Waals surface area contributed by atoms with Crippen LogP contribution in [0.5, 0.6) is 0 Å². The van der Waals surface area contributed by atoms with Gasteiger partial charge in [-0.15, -0.1) is 11.3 Å². The van der Waals surface area contributed by atoms with Crippen molar-refractivity contribution in [2.24, 2.45) is 5.92 Å². The summed E-state index contributed by atoms with van der Waals surface area (Å²) in [5.41, 5.74) is 0.452. The maximum Gasteiger partial charge on any atom is 0.433 e. The average Bonchev–Trinajstić information content (AvgIpc) is 3.33. The van der Waals surface area contributed by atoms with Crippen molar-refractivity contribution in [2.75, 3.05) is 18.5 Å². The van der Waals surface area contributed by atoms with Gasteiger partial charge in [0.2, 0.25) is 11.9 Å². The van der Waals surface area contributed by atoms with E-state index in [0.29, 0.717) is 11.6 Å². The molecule has 1 aliphatic rings. The highest BCUT2D eigenvalue weighted by atomic mass is 32.1. The Morgan fingerprint density at radius 3 is 2.68 bits per heavy atom. The molecule has 0 unspecified atom stereocenters. The number of anilines is 2. The van der Waals surface area contributed by atoms with Gasteiger partial charge in [0.15, 0.2) is 0 Å². The quantitative estimate of drug-likeness (QED) is 0.441. The fourth-order valence-corrected chi connectivity index (χ4v) is 5.08. The van der Waals surface area contributed by atoms with Crippen LogP contribution in [0.3, 0.4) is 0 Å². The summed E-state index contributed by atoms with van der Waals surface area (Å²) < 4.78 is 38.7. The van der Waals surface area contributed by atoms with Gasteiger partial charge in [0, 0.05) is 36.5 Å². The number of aromatic nitrogens is 3. The number of amides is 1. The lowest BCUT2D eigenvalue weighted by Gasteiger charge is -2.26. The van der Waals surface area contributed by atoms with Crippen LogP contribution in [-0.2, 0) is 11.0 Å². The molecule has 180 valence electrons. The summed E-state index contributed by atoms with van der Waals surface area (Å²) in [5, 5.41) is 15.5. The Morgan fingerprint density at radius 2 is 1.94 bits per heavy atom. The first-order valence-electron chi connectivity index (χ1n) is 11.0. The van der Waals surface area contributed by atoms with Crippen molar-refractivity contribution in [1.82, 2.24) is 20.3 Å². The molecule has 1 amide bonds. The number of alkyl halides is 3. The summed E-state index contributed by atoms with van der Waals surface area (Å²) in [6.07, 6.45) is 1.66. The summed E-state index contributed by atoms with van der Waals surface area (Å²) in [6.45, 7) is 0.217. The third kappa shape index (κ3) is 5.89. The zero-order valence-corrected chi connectivity index (χ0v) is 19.0. The van der Waals surface area contributed by atoms with E-state index in [1.807, 2.05) is 12.1 Å². The van der Waals surface area contributed by atoms with Gasteiger partial charge in [0.25, 0.3) is 0 Å². The van der Waals surface area contributed by atoms with Gasteiger partial charge < -0.3 is 15.7 Å². The highest BCUT2D eigenvalue weighted by Crippen LogP contribution is 2.40. The number of aliphatic hydroxyl groups is 1. The van der Waals surface area contributed by atoms with Gasteiger partial charge in [-0.05, 0) is 49.4 Å². The van der Waals surface area contributed by atoms with Gasteiger partial charge in [-0.1, -0.05) is 12.1 Å². The second kappa shape index (κ2) is 10.5. The number of carbonyl (C=O) groups excluding carboxylic acids is 1. The lowest BCUT2D eigenvalue weighted by atomic mass is 9.82. The number of carbonyl (C=O) groups is 1. The van der Waals surface area contributed by atoms with Gasteiger partial charge in [-0.2, -0.15) is 13.2 Å². The maximum absolute atomic E-state index is 12.9. The van der Waals surface area contributed by atoms with Crippen molar-refractivity contribution < 1.29 is 23.1 Å². The summed E-state index contributed by atoms with van der Waals surface area (Å²) in [5.74, 6) is 0.140.